The standard InChI is InChI=1S/C18H16O8/c1-8-10(5-6-11(18(22)23)15(8)26-9(2)19)12-7-13(20)16(24-3)17(25-4)14(12)21/h5-7H,1-4H3,(H,22,23). The number of hydrogen-bond donors (Lipinski definition) is 1. The first kappa shape index (κ1) is 18.9. The average Bonchev–Trinajstić information content (AvgIpc) is 2.57. The van der Waals surface area contributed by atoms with E-state index in [9.17, 15) is 24.3 Å². The van der Waals surface area contributed by atoms with Gasteiger partial charge in [0.25, 0.3) is 0 Å². The second-order valence-corrected chi connectivity index (χ2v) is 5.33. The molecule has 26 heavy (non-hydrogen) atoms. The molecule has 0 saturated carbocycles. The fraction of sp³-hybridized carbons (Fsp3) is 0.222. The van der Waals surface area contributed by atoms with E-state index >= 15 is 0 Å². The van der Waals surface area contributed by atoms with Gasteiger partial charge in [0.05, 0.1) is 14.2 Å². The first-order chi connectivity index (χ1) is 12.2. The van der Waals surface area contributed by atoms with E-state index in [1.807, 2.05) is 0 Å². The molecule has 1 aromatic carbocycles. The molecule has 0 aromatic heterocycles. The van der Waals surface area contributed by atoms with E-state index in [1.54, 1.807) is 0 Å². The summed E-state index contributed by atoms with van der Waals surface area (Å²) in [4.78, 5) is 47.6. The molecule has 1 aliphatic rings. The molecule has 136 valence electrons. The van der Waals surface area contributed by atoms with Crippen molar-refractivity contribution in [3.8, 4) is 5.75 Å². The molecule has 0 spiro atoms. The lowest BCUT2D eigenvalue weighted by atomic mass is 9.90. The maximum atomic E-state index is 12.7. The largest absolute Gasteiger partial charge is 0.490 e. The van der Waals surface area contributed by atoms with E-state index in [0.29, 0.717) is 0 Å². The first-order valence-electron chi connectivity index (χ1n) is 7.41. The van der Waals surface area contributed by atoms with Crippen LogP contribution in [0, 0.1) is 6.92 Å². The summed E-state index contributed by atoms with van der Waals surface area (Å²) >= 11 is 0. The van der Waals surface area contributed by atoms with Gasteiger partial charge < -0.3 is 19.3 Å². The number of carboxylic acid groups (broad SMARTS) is 1. The van der Waals surface area contributed by atoms with Gasteiger partial charge in [0.2, 0.25) is 23.1 Å². The molecular formula is C18H16O8. The highest BCUT2D eigenvalue weighted by atomic mass is 16.5. The van der Waals surface area contributed by atoms with Crippen LogP contribution in [-0.4, -0.2) is 42.8 Å². The number of ketones is 2. The Morgan fingerprint density at radius 1 is 1.04 bits per heavy atom. The van der Waals surface area contributed by atoms with Gasteiger partial charge in [-0.2, -0.15) is 0 Å². The molecule has 0 amide bonds. The highest BCUT2D eigenvalue weighted by Gasteiger charge is 2.33. The zero-order valence-corrected chi connectivity index (χ0v) is 14.5. The number of benzene rings is 1. The molecule has 1 aromatic rings. The number of carboxylic acids is 1. The van der Waals surface area contributed by atoms with Crippen molar-refractivity contribution in [2.75, 3.05) is 14.2 Å². The molecule has 0 heterocycles. The molecule has 0 atom stereocenters. The summed E-state index contributed by atoms with van der Waals surface area (Å²) < 4.78 is 14.9. The fourth-order valence-corrected chi connectivity index (χ4v) is 2.61. The molecule has 0 bridgehead atoms. The second-order valence-electron chi connectivity index (χ2n) is 5.33. The number of carbonyl (C=O) groups excluding carboxylic acids is 3. The highest BCUT2D eigenvalue weighted by molar-refractivity contribution is 6.36. The van der Waals surface area contributed by atoms with Crippen LogP contribution in [0.2, 0.25) is 0 Å². The lowest BCUT2D eigenvalue weighted by molar-refractivity contribution is -0.132. The van der Waals surface area contributed by atoms with Crippen molar-refractivity contribution in [1.82, 2.24) is 0 Å². The van der Waals surface area contributed by atoms with Gasteiger partial charge in [0.1, 0.15) is 11.3 Å². The maximum absolute atomic E-state index is 12.7. The Hall–Kier alpha value is -3.42. The molecule has 0 fully saturated rings. The topological polar surface area (TPSA) is 116 Å². The summed E-state index contributed by atoms with van der Waals surface area (Å²) in [5.41, 5.74) is 0.213. The summed E-state index contributed by atoms with van der Waals surface area (Å²) in [6, 6.07) is 2.57. The minimum Gasteiger partial charge on any atom is -0.490 e. The lowest BCUT2D eigenvalue weighted by Crippen LogP contribution is -2.21. The third kappa shape index (κ3) is 3.21. The van der Waals surface area contributed by atoms with Gasteiger partial charge in [-0.05, 0) is 18.6 Å². The zero-order valence-electron chi connectivity index (χ0n) is 14.5. The van der Waals surface area contributed by atoms with E-state index in [-0.39, 0.29) is 39.5 Å². The van der Waals surface area contributed by atoms with Crippen molar-refractivity contribution < 1.29 is 38.5 Å². The van der Waals surface area contributed by atoms with Crippen LogP contribution >= 0.6 is 0 Å². The number of methoxy groups -OCH3 is 2. The summed E-state index contributed by atoms with van der Waals surface area (Å²) in [7, 11) is 2.47. The van der Waals surface area contributed by atoms with Crippen LogP contribution in [0.3, 0.4) is 0 Å². The summed E-state index contributed by atoms with van der Waals surface area (Å²) in [6.45, 7) is 2.61. The third-order valence-corrected chi connectivity index (χ3v) is 3.74. The molecule has 0 unspecified atom stereocenters. The summed E-state index contributed by atoms with van der Waals surface area (Å²) in [5, 5.41) is 9.27. The second kappa shape index (κ2) is 7.22. The monoisotopic (exact) mass is 360 g/mol. The van der Waals surface area contributed by atoms with Crippen LogP contribution in [0.5, 0.6) is 5.75 Å². The molecule has 8 heteroatoms. The molecule has 0 aliphatic heterocycles. The van der Waals surface area contributed by atoms with Gasteiger partial charge in [-0.25, -0.2) is 4.79 Å². The number of allylic oxidation sites excluding steroid dienone is 2. The molecule has 0 radical (unpaired) electrons. The molecule has 1 N–H and O–H groups in total. The number of aromatic carboxylic acids is 1. The first-order valence-corrected chi connectivity index (χ1v) is 7.41. The Morgan fingerprint density at radius 3 is 2.15 bits per heavy atom. The molecular weight excluding hydrogens is 344 g/mol. The highest BCUT2D eigenvalue weighted by Crippen LogP contribution is 2.35. The lowest BCUT2D eigenvalue weighted by Gasteiger charge is -2.19. The Bertz CT molecular complexity index is 889. The quantitative estimate of drug-likeness (QED) is 0.479. The van der Waals surface area contributed by atoms with Crippen LogP contribution in [0.15, 0.2) is 29.7 Å². The van der Waals surface area contributed by atoms with Crippen LogP contribution < -0.4 is 4.74 Å². The van der Waals surface area contributed by atoms with Crippen molar-refractivity contribution in [2.45, 2.75) is 13.8 Å². The number of ether oxygens (including phenoxy) is 3. The number of esters is 1. The van der Waals surface area contributed by atoms with Gasteiger partial charge in [0.15, 0.2) is 0 Å². The number of carbonyl (C=O) groups is 4. The Kier molecular flexibility index (Phi) is 5.25. The van der Waals surface area contributed by atoms with Crippen LogP contribution in [0.4, 0.5) is 0 Å². The normalized spacial score (nSPS) is 14.1. The number of rotatable bonds is 5. The van der Waals surface area contributed by atoms with Gasteiger partial charge in [-0.1, -0.05) is 6.07 Å². The summed E-state index contributed by atoms with van der Waals surface area (Å²) in [5.74, 6) is -3.86. The van der Waals surface area contributed by atoms with Gasteiger partial charge >= 0.3 is 11.9 Å². The summed E-state index contributed by atoms with van der Waals surface area (Å²) in [6.07, 6.45) is 1.07. The number of Topliss-reactive ketones (excluding diaryl/α,β-unsaturated/α-hetero) is 1. The predicted molar refractivity (Wildman–Crippen MR) is 88.5 cm³/mol. The number of hydrogen-bond acceptors (Lipinski definition) is 7. The predicted octanol–water partition coefficient (Wildman–Crippen LogP) is 1.66. The van der Waals surface area contributed by atoms with Crippen LogP contribution in [-0.2, 0) is 23.9 Å². The SMILES string of the molecule is COC1=C(OC)C(=O)C(c2ccc(C(=O)O)c(OC(C)=O)c2C)=CC1=O. The van der Waals surface area contributed by atoms with Crippen molar-refractivity contribution in [1.29, 1.82) is 0 Å². The Morgan fingerprint density at radius 2 is 1.65 bits per heavy atom. The van der Waals surface area contributed by atoms with Crippen molar-refractivity contribution >= 4 is 29.1 Å². The smallest absolute Gasteiger partial charge is 0.339 e. The zero-order chi connectivity index (χ0) is 19.6. The van der Waals surface area contributed by atoms with Crippen LogP contribution in [0.25, 0.3) is 5.57 Å². The van der Waals surface area contributed by atoms with E-state index in [4.69, 9.17) is 14.2 Å². The van der Waals surface area contributed by atoms with E-state index in [1.165, 1.54) is 33.3 Å². The van der Waals surface area contributed by atoms with Crippen molar-refractivity contribution in [3.05, 3.63) is 46.4 Å². The molecule has 0 saturated heterocycles. The minimum absolute atomic E-state index is 0.0181. The average molecular weight is 360 g/mol. The van der Waals surface area contributed by atoms with Crippen LogP contribution in [0.1, 0.15) is 28.4 Å². The van der Waals surface area contributed by atoms with Gasteiger partial charge in [-0.15, -0.1) is 0 Å². The van der Waals surface area contributed by atoms with Crippen molar-refractivity contribution in [3.63, 3.8) is 0 Å². The van der Waals surface area contributed by atoms with Gasteiger partial charge in [0, 0.05) is 24.1 Å². The molecule has 1 aliphatic carbocycles. The van der Waals surface area contributed by atoms with E-state index in [2.05, 4.69) is 0 Å². The van der Waals surface area contributed by atoms with E-state index < -0.39 is 23.5 Å². The molecule has 2 rings (SSSR count). The minimum atomic E-state index is -1.30. The Balaban J connectivity index is 2.66. The van der Waals surface area contributed by atoms with Crippen molar-refractivity contribution in [2.24, 2.45) is 0 Å². The van der Waals surface area contributed by atoms with E-state index in [0.717, 1.165) is 13.0 Å². The van der Waals surface area contributed by atoms with Gasteiger partial charge in [-0.3, -0.25) is 14.4 Å². The maximum Gasteiger partial charge on any atom is 0.339 e. The Labute approximate surface area is 148 Å². The molecule has 8 nitrogen and oxygen atoms in total. The fourth-order valence-electron chi connectivity index (χ4n) is 2.61. The third-order valence-electron chi connectivity index (χ3n) is 3.74.